The number of carboxylic acids is 1. The molecule has 2 atom stereocenters. The highest BCUT2D eigenvalue weighted by Crippen LogP contribution is 2.51. The van der Waals surface area contributed by atoms with E-state index in [-0.39, 0.29) is 52.0 Å². The first-order chi connectivity index (χ1) is 21.2. The van der Waals surface area contributed by atoms with E-state index < -0.39 is 47.8 Å². The first-order valence-corrected chi connectivity index (χ1v) is 13.5. The Kier molecular flexibility index (Phi) is 9.51. The molecule has 0 aliphatic carbocycles. The minimum Gasteiger partial charge on any atom is -0.485 e. The van der Waals surface area contributed by atoms with Crippen molar-refractivity contribution in [2.45, 2.75) is 53.1 Å². The molecular weight excluding hydrogens is 592 g/mol. The molecule has 13 nitrogen and oxygen atoms in total. The number of esters is 5. The summed E-state index contributed by atoms with van der Waals surface area (Å²) in [5.41, 5.74) is 0.897. The van der Waals surface area contributed by atoms with Gasteiger partial charge in [0.15, 0.2) is 11.5 Å². The summed E-state index contributed by atoms with van der Waals surface area (Å²) in [4.78, 5) is 72.0. The van der Waals surface area contributed by atoms with Crippen molar-refractivity contribution in [2.24, 2.45) is 0 Å². The fourth-order valence-corrected chi connectivity index (χ4v) is 4.97. The molecule has 1 aliphatic heterocycles. The van der Waals surface area contributed by atoms with Crippen LogP contribution in [0.4, 0.5) is 0 Å². The van der Waals surface area contributed by atoms with Crippen molar-refractivity contribution in [3.05, 3.63) is 70.8 Å². The molecule has 3 aromatic rings. The molecule has 3 aromatic carbocycles. The van der Waals surface area contributed by atoms with Gasteiger partial charge in [0.05, 0.1) is 5.56 Å². The van der Waals surface area contributed by atoms with Crippen molar-refractivity contribution in [1.29, 1.82) is 0 Å². The molecule has 13 heteroatoms. The summed E-state index contributed by atoms with van der Waals surface area (Å²) in [7, 11) is 0. The number of fused-ring (bicyclic) bond motifs is 1. The Morgan fingerprint density at radius 3 is 1.76 bits per heavy atom. The maximum Gasteiger partial charge on any atom is 0.335 e. The molecule has 0 radical (unpaired) electrons. The normalized spacial score (nSPS) is 15.0. The Labute approximate surface area is 256 Å². The van der Waals surface area contributed by atoms with Crippen LogP contribution < -0.4 is 28.4 Å². The Bertz CT molecular complexity index is 1680. The van der Waals surface area contributed by atoms with Crippen LogP contribution in [0.5, 0.6) is 34.5 Å². The smallest absolute Gasteiger partial charge is 0.335 e. The van der Waals surface area contributed by atoms with Crippen molar-refractivity contribution in [1.82, 2.24) is 0 Å². The average Bonchev–Trinajstić information content (AvgIpc) is 2.92. The van der Waals surface area contributed by atoms with Crippen LogP contribution in [0.1, 0.15) is 73.7 Å². The number of hydrogen-bond donors (Lipinski definition) is 1. The second kappa shape index (κ2) is 13.3. The number of rotatable bonds is 8. The van der Waals surface area contributed by atoms with Crippen LogP contribution in [-0.2, 0) is 30.4 Å². The quantitative estimate of drug-likeness (QED) is 0.276. The van der Waals surface area contributed by atoms with Crippen LogP contribution >= 0.6 is 0 Å². The van der Waals surface area contributed by atoms with Gasteiger partial charge in [-0.2, -0.15) is 0 Å². The Morgan fingerprint density at radius 1 is 0.689 bits per heavy atom. The van der Waals surface area contributed by atoms with Crippen LogP contribution in [0.15, 0.2) is 48.5 Å². The van der Waals surface area contributed by atoms with Crippen LogP contribution in [-0.4, -0.2) is 40.9 Å². The lowest BCUT2D eigenvalue weighted by Crippen LogP contribution is -2.27. The first kappa shape index (κ1) is 32.2. The van der Waals surface area contributed by atoms with E-state index in [1.165, 1.54) is 44.2 Å². The molecule has 0 saturated carbocycles. The van der Waals surface area contributed by atoms with Gasteiger partial charge >= 0.3 is 35.8 Å². The van der Waals surface area contributed by atoms with Gasteiger partial charge in [-0.3, -0.25) is 24.0 Å². The topological polar surface area (TPSA) is 178 Å². The molecule has 1 heterocycles. The maximum atomic E-state index is 12.3. The number of carbonyl (C=O) groups excluding carboxylic acids is 5. The van der Waals surface area contributed by atoms with E-state index in [1.807, 2.05) is 0 Å². The highest BCUT2D eigenvalue weighted by Gasteiger charge is 2.38. The fraction of sp³-hybridized carbons (Fsp3) is 0.250. The fourth-order valence-electron chi connectivity index (χ4n) is 4.97. The molecule has 1 N–H and O–H groups in total. The number of carboxylic acid groups (broad SMARTS) is 1. The SMILES string of the molecule is CC(=O)Oc1cc(OC(C)=O)c2c(c1)O[C@H](c1cc(OC(C)=O)c(OC(C)=O)c(OC(C)=O)c1)[C@H](c1ccccc1C(=O)O)C2. The standard InChI is InChI=1S/C32H28O13/c1-15(33)40-21-12-26(41-16(2)34)25-14-24(22-8-6-7-9-23(22)32(38)39)30(45-27(25)13-21)20-10-28(42-17(3)35)31(44-19(5)37)29(11-20)43-18(4)36/h6-13,24,30H,14H2,1-5H3,(H,38,39)/t24-,30+/m0/s1. The number of aromatic carboxylic acids is 1. The zero-order chi connectivity index (χ0) is 33.0. The Balaban J connectivity index is 2.01. The third kappa shape index (κ3) is 7.63. The number of ether oxygens (including phenoxy) is 6. The molecule has 0 unspecified atom stereocenters. The van der Waals surface area contributed by atoms with E-state index in [2.05, 4.69) is 0 Å². The molecule has 0 saturated heterocycles. The van der Waals surface area contributed by atoms with Crippen molar-refractivity contribution < 1.29 is 62.3 Å². The van der Waals surface area contributed by atoms with Crippen LogP contribution in [0, 0.1) is 0 Å². The van der Waals surface area contributed by atoms with Gasteiger partial charge in [0.2, 0.25) is 5.75 Å². The van der Waals surface area contributed by atoms with Crippen LogP contribution in [0.3, 0.4) is 0 Å². The van der Waals surface area contributed by atoms with Gasteiger partial charge in [0, 0.05) is 63.8 Å². The van der Waals surface area contributed by atoms with Crippen molar-refractivity contribution in [3.63, 3.8) is 0 Å². The highest BCUT2D eigenvalue weighted by atomic mass is 16.6. The Hall–Kier alpha value is -5.72. The zero-order valence-corrected chi connectivity index (χ0v) is 24.8. The van der Waals surface area contributed by atoms with E-state index in [0.717, 1.165) is 20.8 Å². The first-order valence-electron chi connectivity index (χ1n) is 13.5. The molecule has 234 valence electrons. The lowest BCUT2D eigenvalue weighted by molar-refractivity contribution is -0.135. The molecule has 0 fully saturated rings. The average molecular weight is 621 g/mol. The van der Waals surface area contributed by atoms with Crippen LogP contribution in [0.25, 0.3) is 0 Å². The van der Waals surface area contributed by atoms with E-state index in [9.17, 15) is 33.9 Å². The molecule has 1 aliphatic rings. The monoisotopic (exact) mass is 620 g/mol. The van der Waals surface area contributed by atoms with Crippen molar-refractivity contribution >= 4 is 35.8 Å². The van der Waals surface area contributed by atoms with Crippen molar-refractivity contribution in [3.8, 4) is 34.5 Å². The van der Waals surface area contributed by atoms with Gasteiger partial charge in [-0.1, -0.05) is 18.2 Å². The van der Waals surface area contributed by atoms with Gasteiger partial charge in [0.1, 0.15) is 23.4 Å². The Morgan fingerprint density at radius 2 is 1.22 bits per heavy atom. The summed E-state index contributed by atoms with van der Waals surface area (Å²) in [6.07, 6.45) is -1.03. The molecule has 45 heavy (non-hydrogen) atoms. The summed E-state index contributed by atoms with van der Waals surface area (Å²) in [5.74, 6) is -6.43. The third-order valence-electron chi connectivity index (χ3n) is 6.42. The lowest BCUT2D eigenvalue weighted by Gasteiger charge is -2.36. The number of carbonyl (C=O) groups is 6. The van der Waals surface area contributed by atoms with Gasteiger partial charge in [-0.25, -0.2) is 4.79 Å². The van der Waals surface area contributed by atoms with E-state index in [4.69, 9.17) is 28.4 Å². The number of benzene rings is 3. The largest absolute Gasteiger partial charge is 0.485 e. The minimum absolute atomic E-state index is 0.00652. The summed E-state index contributed by atoms with van der Waals surface area (Å²) in [6.45, 7) is 5.70. The summed E-state index contributed by atoms with van der Waals surface area (Å²) in [5, 5.41) is 10.0. The maximum absolute atomic E-state index is 12.3. The molecule has 4 rings (SSSR count). The predicted octanol–water partition coefficient (Wildman–Crippen LogP) is 4.47. The predicted molar refractivity (Wildman–Crippen MR) is 153 cm³/mol. The van der Waals surface area contributed by atoms with Crippen molar-refractivity contribution in [2.75, 3.05) is 0 Å². The molecule has 0 amide bonds. The minimum atomic E-state index is -1.22. The van der Waals surface area contributed by atoms with Crippen LogP contribution in [0.2, 0.25) is 0 Å². The van der Waals surface area contributed by atoms with E-state index in [0.29, 0.717) is 11.1 Å². The molecular formula is C32H28O13. The third-order valence-corrected chi connectivity index (χ3v) is 6.42. The van der Waals surface area contributed by atoms with Gasteiger partial charge in [-0.15, -0.1) is 0 Å². The molecule has 0 spiro atoms. The molecule has 0 bridgehead atoms. The summed E-state index contributed by atoms with van der Waals surface area (Å²) >= 11 is 0. The molecule has 0 aromatic heterocycles. The van der Waals surface area contributed by atoms with E-state index in [1.54, 1.807) is 18.2 Å². The van der Waals surface area contributed by atoms with E-state index >= 15 is 0 Å². The zero-order valence-electron chi connectivity index (χ0n) is 24.8. The lowest BCUT2D eigenvalue weighted by atomic mass is 9.80. The highest BCUT2D eigenvalue weighted by molar-refractivity contribution is 5.89. The van der Waals surface area contributed by atoms with Gasteiger partial charge in [0.25, 0.3) is 0 Å². The summed E-state index contributed by atoms with van der Waals surface area (Å²) in [6, 6.07) is 11.6. The second-order valence-corrected chi connectivity index (χ2v) is 9.95. The van der Waals surface area contributed by atoms with Gasteiger partial charge in [-0.05, 0) is 30.2 Å². The van der Waals surface area contributed by atoms with Gasteiger partial charge < -0.3 is 33.5 Å². The summed E-state index contributed by atoms with van der Waals surface area (Å²) < 4.78 is 33.0. The second-order valence-electron chi connectivity index (χ2n) is 9.95. The number of hydrogen-bond acceptors (Lipinski definition) is 12.